The Kier molecular flexibility index (Phi) is 6.28. The quantitative estimate of drug-likeness (QED) is 0.789. The number of aromatic nitrogens is 1. The molecule has 2 N–H and O–H groups in total. The maximum atomic E-state index is 14.2. The molecule has 0 saturated carbocycles. The molecule has 3 amide bonds. The molecule has 1 saturated heterocycles. The summed E-state index contributed by atoms with van der Waals surface area (Å²) >= 11 is 0. The minimum Gasteiger partial charge on any atom is -0.497 e. The number of alkyl carbamates (subject to hydrolysis) is 1. The highest BCUT2D eigenvalue weighted by Crippen LogP contribution is 2.29. The minimum absolute atomic E-state index is 0.0518. The van der Waals surface area contributed by atoms with Crippen LogP contribution in [0.2, 0.25) is 0 Å². The molecule has 1 aliphatic heterocycles. The lowest BCUT2D eigenvalue weighted by Gasteiger charge is -2.33. The summed E-state index contributed by atoms with van der Waals surface area (Å²) < 4.78 is 24.6. The maximum absolute atomic E-state index is 14.2. The van der Waals surface area contributed by atoms with Gasteiger partial charge in [-0.2, -0.15) is 0 Å². The number of hydrogen-bond donors (Lipinski definition) is 2. The Labute approximate surface area is 174 Å². The number of rotatable bonds is 3. The van der Waals surface area contributed by atoms with Gasteiger partial charge in [-0.25, -0.2) is 14.0 Å². The van der Waals surface area contributed by atoms with Crippen molar-refractivity contribution in [3.63, 3.8) is 0 Å². The Morgan fingerprint density at radius 1 is 1.23 bits per heavy atom. The molecule has 0 unspecified atom stereocenters. The Hall–Kier alpha value is -3.10. The Morgan fingerprint density at radius 3 is 2.57 bits per heavy atom. The molecule has 30 heavy (non-hydrogen) atoms. The van der Waals surface area contributed by atoms with Crippen LogP contribution in [0, 0.1) is 5.82 Å². The van der Waals surface area contributed by atoms with Crippen LogP contribution < -0.4 is 15.4 Å². The summed E-state index contributed by atoms with van der Waals surface area (Å²) in [6.45, 7) is 6.39. The molecular formula is C21H27FN4O4. The van der Waals surface area contributed by atoms with E-state index in [1.807, 2.05) is 20.8 Å². The number of ether oxygens (including phenoxy) is 2. The summed E-state index contributed by atoms with van der Waals surface area (Å²) in [6.07, 6.45) is 2.23. The van der Waals surface area contributed by atoms with Crippen molar-refractivity contribution in [1.82, 2.24) is 15.2 Å². The summed E-state index contributed by atoms with van der Waals surface area (Å²) in [7, 11) is 1.45. The largest absolute Gasteiger partial charge is 0.497 e. The van der Waals surface area contributed by atoms with Crippen LogP contribution in [0.4, 0.5) is 19.7 Å². The highest BCUT2D eigenvalue weighted by atomic mass is 19.1. The van der Waals surface area contributed by atoms with Crippen molar-refractivity contribution in [3.05, 3.63) is 30.2 Å². The van der Waals surface area contributed by atoms with Gasteiger partial charge in [0.05, 0.1) is 12.8 Å². The van der Waals surface area contributed by atoms with Crippen molar-refractivity contribution < 1.29 is 23.5 Å². The number of amides is 3. The lowest BCUT2D eigenvalue weighted by Crippen LogP contribution is -2.48. The van der Waals surface area contributed by atoms with Gasteiger partial charge >= 0.3 is 12.1 Å². The minimum atomic E-state index is -0.555. The van der Waals surface area contributed by atoms with Crippen LogP contribution in [0.15, 0.2) is 24.4 Å². The number of likely N-dealkylation sites (tertiary alicyclic amines) is 1. The van der Waals surface area contributed by atoms with Crippen LogP contribution in [0.5, 0.6) is 5.75 Å². The molecule has 1 fully saturated rings. The van der Waals surface area contributed by atoms with Gasteiger partial charge in [0.25, 0.3) is 0 Å². The number of urea groups is 1. The second kappa shape index (κ2) is 8.73. The topological polar surface area (TPSA) is 92.8 Å². The van der Waals surface area contributed by atoms with Gasteiger partial charge in [-0.05, 0) is 45.7 Å². The Morgan fingerprint density at radius 2 is 1.93 bits per heavy atom. The standard InChI is InChI=1S/C21H27FN4O4/c1-21(2,3)30-20(28)24-13-6-9-26(10-7-13)19(27)25-17-5-8-23-18-15(17)11-14(29-4)12-16(18)22/h5,8,11-13H,6-7,9-10H2,1-4H3,(H,24,28)(H,23,25,27). The van der Waals surface area contributed by atoms with E-state index >= 15 is 0 Å². The maximum Gasteiger partial charge on any atom is 0.407 e. The van der Waals surface area contributed by atoms with Crippen molar-refractivity contribution in [2.24, 2.45) is 0 Å². The van der Waals surface area contributed by atoms with Crippen molar-refractivity contribution in [1.29, 1.82) is 0 Å². The zero-order valence-corrected chi connectivity index (χ0v) is 17.6. The first-order valence-corrected chi connectivity index (χ1v) is 9.84. The molecule has 162 valence electrons. The van der Waals surface area contributed by atoms with E-state index in [1.54, 1.807) is 17.0 Å². The molecule has 1 aliphatic rings. The number of fused-ring (bicyclic) bond motifs is 1. The van der Waals surface area contributed by atoms with Gasteiger partial charge in [-0.1, -0.05) is 0 Å². The number of piperidine rings is 1. The molecule has 8 nitrogen and oxygen atoms in total. The fourth-order valence-electron chi connectivity index (χ4n) is 3.31. The van der Waals surface area contributed by atoms with Gasteiger partial charge in [-0.3, -0.25) is 4.98 Å². The third kappa shape index (κ3) is 5.28. The number of carbonyl (C=O) groups excluding carboxylic acids is 2. The number of nitrogens with zero attached hydrogens (tertiary/aromatic N) is 2. The molecule has 0 radical (unpaired) electrons. The van der Waals surface area contributed by atoms with Gasteiger partial charge in [0.15, 0.2) is 5.82 Å². The van der Waals surface area contributed by atoms with Crippen molar-refractivity contribution in [3.8, 4) is 5.75 Å². The second-order valence-corrected chi connectivity index (χ2v) is 8.20. The van der Waals surface area contributed by atoms with E-state index in [-0.39, 0.29) is 17.6 Å². The highest BCUT2D eigenvalue weighted by molar-refractivity contribution is 6.00. The number of nitrogens with one attached hydrogen (secondary N) is 2. The molecule has 0 spiro atoms. The van der Waals surface area contributed by atoms with E-state index < -0.39 is 17.5 Å². The van der Waals surface area contributed by atoms with Gasteiger partial charge in [0.2, 0.25) is 0 Å². The van der Waals surface area contributed by atoms with Crippen LogP contribution in [0.3, 0.4) is 0 Å². The molecule has 1 aromatic heterocycles. The summed E-state index contributed by atoms with van der Waals surface area (Å²) in [5.41, 5.74) is 0.0609. The van der Waals surface area contributed by atoms with Crippen LogP contribution in [-0.2, 0) is 4.74 Å². The fraction of sp³-hybridized carbons (Fsp3) is 0.476. The van der Waals surface area contributed by atoms with E-state index in [2.05, 4.69) is 15.6 Å². The van der Waals surface area contributed by atoms with Gasteiger partial charge in [0.1, 0.15) is 16.9 Å². The molecule has 0 bridgehead atoms. The predicted octanol–water partition coefficient (Wildman–Crippen LogP) is 3.90. The summed E-state index contributed by atoms with van der Waals surface area (Å²) in [5, 5.41) is 6.14. The first kappa shape index (κ1) is 21.6. The van der Waals surface area contributed by atoms with Crippen molar-refractivity contribution in [2.75, 3.05) is 25.5 Å². The van der Waals surface area contributed by atoms with Crippen LogP contribution in [0.25, 0.3) is 10.9 Å². The van der Waals surface area contributed by atoms with Gasteiger partial charge < -0.3 is 25.0 Å². The molecular weight excluding hydrogens is 391 g/mol. The van der Waals surface area contributed by atoms with Crippen LogP contribution >= 0.6 is 0 Å². The summed E-state index contributed by atoms with van der Waals surface area (Å²) in [5.74, 6) is -0.174. The number of benzene rings is 1. The normalized spacial score (nSPS) is 15.0. The number of methoxy groups -OCH3 is 1. The number of carbonyl (C=O) groups is 2. The molecule has 2 heterocycles. The number of pyridine rings is 1. The van der Waals surface area contributed by atoms with E-state index in [0.29, 0.717) is 42.8 Å². The van der Waals surface area contributed by atoms with E-state index in [9.17, 15) is 14.0 Å². The first-order chi connectivity index (χ1) is 14.2. The molecule has 0 aliphatic carbocycles. The molecule has 9 heteroatoms. The van der Waals surface area contributed by atoms with E-state index in [4.69, 9.17) is 9.47 Å². The van der Waals surface area contributed by atoms with Crippen LogP contribution in [0.1, 0.15) is 33.6 Å². The third-order valence-corrected chi connectivity index (χ3v) is 4.75. The second-order valence-electron chi connectivity index (χ2n) is 8.20. The van der Waals surface area contributed by atoms with Crippen molar-refractivity contribution in [2.45, 2.75) is 45.3 Å². The number of hydrogen-bond acceptors (Lipinski definition) is 5. The number of anilines is 1. The van der Waals surface area contributed by atoms with Crippen LogP contribution in [-0.4, -0.2) is 53.9 Å². The van der Waals surface area contributed by atoms with Gasteiger partial charge in [0, 0.05) is 36.8 Å². The molecule has 1 aromatic carbocycles. The summed E-state index contributed by atoms with van der Waals surface area (Å²) in [6, 6.07) is 4.17. The highest BCUT2D eigenvalue weighted by Gasteiger charge is 2.26. The summed E-state index contributed by atoms with van der Waals surface area (Å²) in [4.78, 5) is 30.4. The fourth-order valence-corrected chi connectivity index (χ4v) is 3.31. The third-order valence-electron chi connectivity index (χ3n) is 4.75. The monoisotopic (exact) mass is 418 g/mol. The molecule has 3 rings (SSSR count). The molecule has 0 atom stereocenters. The smallest absolute Gasteiger partial charge is 0.407 e. The van der Waals surface area contributed by atoms with Crippen molar-refractivity contribution >= 4 is 28.7 Å². The average molecular weight is 418 g/mol. The Bertz CT molecular complexity index is 936. The average Bonchev–Trinajstić information content (AvgIpc) is 2.67. The lowest BCUT2D eigenvalue weighted by atomic mass is 10.1. The first-order valence-electron chi connectivity index (χ1n) is 9.84. The zero-order chi connectivity index (χ0) is 21.9. The number of halogens is 1. The van der Waals surface area contributed by atoms with E-state index in [1.165, 1.54) is 19.4 Å². The lowest BCUT2D eigenvalue weighted by molar-refractivity contribution is 0.0486. The molecule has 2 aromatic rings. The van der Waals surface area contributed by atoms with Gasteiger partial charge in [-0.15, -0.1) is 0 Å². The zero-order valence-electron chi connectivity index (χ0n) is 17.6. The Balaban J connectivity index is 1.62. The SMILES string of the molecule is COc1cc(F)c2nccc(NC(=O)N3CCC(NC(=O)OC(C)(C)C)CC3)c2c1. The predicted molar refractivity (Wildman–Crippen MR) is 111 cm³/mol. The van der Waals surface area contributed by atoms with E-state index in [0.717, 1.165) is 0 Å².